The molecule has 1 unspecified atom stereocenters. The number of carboxylic acid groups (broad SMARTS) is 1. The van der Waals surface area contributed by atoms with Gasteiger partial charge in [0.05, 0.1) is 19.1 Å². The number of carboxylic acids is 1. The van der Waals surface area contributed by atoms with Crippen LogP contribution < -0.4 is 4.74 Å². The Balaban J connectivity index is 2.14. The van der Waals surface area contributed by atoms with E-state index in [9.17, 15) is 10.1 Å². The summed E-state index contributed by atoms with van der Waals surface area (Å²) in [6, 6.07) is 9.39. The van der Waals surface area contributed by atoms with Gasteiger partial charge in [-0.15, -0.1) is 0 Å². The summed E-state index contributed by atoms with van der Waals surface area (Å²) in [5.41, 5.74) is 0.839. The Labute approximate surface area is 118 Å². The summed E-state index contributed by atoms with van der Waals surface area (Å²) in [7, 11) is 1.59. The van der Waals surface area contributed by atoms with Crippen LogP contribution in [0.5, 0.6) is 5.75 Å². The minimum Gasteiger partial charge on any atom is -0.496 e. The molecule has 5 nitrogen and oxygen atoms in total. The number of nitriles is 1. The second kappa shape index (κ2) is 6.40. The Hall–Kier alpha value is -2.06. The van der Waals surface area contributed by atoms with E-state index >= 15 is 0 Å². The molecule has 0 bridgehead atoms. The Morgan fingerprint density at radius 1 is 1.45 bits per heavy atom. The zero-order valence-electron chi connectivity index (χ0n) is 11.5. The molecule has 20 heavy (non-hydrogen) atoms. The number of para-hydroxylation sites is 1. The second-order valence-electron chi connectivity index (χ2n) is 4.92. The fourth-order valence-electron chi connectivity index (χ4n) is 2.64. The predicted molar refractivity (Wildman–Crippen MR) is 73.3 cm³/mol. The van der Waals surface area contributed by atoms with Crippen molar-refractivity contribution in [2.75, 3.05) is 20.2 Å². The number of methoxy groups -OCH3 is 1. The molecule has 0 amide bonds. The van der Waals surface area contributed by atoms with E-state index in [4.69, 9.17) is 9.84 Å². The van der Waals surface area contributed by atoms with Crippen LogP contribution in [0.25, 0.3) is 0 Å². The number of aliphatic carboxylic acids is 1. The van der Waals surface area contributed by atoms with Gasteiger partial charge >= 0.3 is 5.97 Å². The lowest BCUT2D eigenvalue weighted by molar-refractivity contribution is -0.143. The molecule has 1 N–H and O–H groups in total. The molecule has 0 radical (unpaired) electrons. The third-order valence-corrected chi connectivity index (χ3v) is 3.80. The van der Waals surface area contributed by atoms with Gasteiger partial charge in [0.15, 0.2) is 0 Å². The molecule has 1 aromatic carbocycles. The molecule has 0 aliphatic carbocycles. The summed E-state index contributed by atoms with van der Waals surface area (Å²) in [6.07, 6.45) is 1.17. The largest absolute Gasteiger partial charge is 0.496 e. The van der Waals surface area contributed by atoms with E-state index in [-0.39, 0.29) is 12.0 Å². The molecule has 2 rings (SSSR count). The highest BCUT2D eigenvalue weighted by molar-refractivity contribution is 5.70. The molecule has 0 aromatic heterocycles. The first-order valence-electron chi connectivity index (χ1n) is 6.66. The summed E-state index contributed by atoms with van der Waals surface area (Å²) >= 11 is 0. The Morgan fingerprint density at radius 3 is 2.65 bits per heavy atom. The van der Waals surface area contributed by atoms with E-state index in [1.54, 1.807) is 7.11 Å². The van der Waals surface area contributed by atoms with Crippen LogP contribution in [0.1, 0.15) is 24.4 Å². The number of nitrogens with zero attached hydrogens (tertiary/aromatic N) is 2. The van der Waals surface area contributed by atoms with Crippen molar-refractivity contribution in [3.05, 3.63) is 29.8 Å². The van der Waals surface area contributed by atoms with Gasteiger partial charge in [0.2, 0.25) is 0 Å². The highest BCUT2D eigenvalue weighted by atomic mass is 16.5. The molecule has 5 heteroatoms. The lowest BCUT2D eigenvalue weighted by atomic mass is 9.94. The van der Waals surface area contributed by atoms with Crippen LogP contribution in [0.15, 0.2) is 24.3 Å². The number of hydrogen-bond acceptors (Lipinski definition) is 4. The summed E-state index contributed by atoms with van der Waals surface area (Å²) in [6.45, 7) is 1.24. The van der Waals surface area contributed by atoms with E-state index < -0.39 is 5.97 Å². The second-order valence-corrected chi connectivity index (χ2v) is 4.92. The van der Waals surface area contributed by atoms with Crippen molar-refractivity contribution in [1.29, 1.82) is 5.26 Å². The molecule has 1 aliphatic rings. The van der Waals surface area contributed by atoms with Crippen LogP contribution in [-0.4, -0.2) is 36.2 Å². The van der Waals surface area contributed by atoms with Crippen LogP contribution >= 0.6 is 0 Å². The lowest BCUT2D eigenvalue weighted by Crippen LogP contribution is -2.38. The fourth-order valence-corrected chi connectivity index (χ4v) is 2.64. The molecule has 1 saturated heterocycles. The van der Waals surface area contributed by atoms with E-state index in [1.165, 1.54) is 0 Å². The summed E-state index contributed by atoms with van der Waals surface area (Å²) in [5.74, 6) is -0.335. The van der Waals surface area contributed by atoms with Crippen LogP contribution in [0.3, 0.4) is 0 Å². The number of hydrogen-bond donors (Lipinski definition) is 1. The summed E-state index contributed by atoms with van der Waals surface area (Å²) in [5, 5.41) is 18.5. The minimum absolute atomic E-state index is 0.289. The first-order valence-corrected chi connectivity index (χ1v) is 6.66. The standard InChI is InChI=1S/C15H18N2O3/c1-20-14-5-3-2-4-12(14)13(10-16)17-8-6-11(7-9-17)15(18)19/h2-5,11,13H,6-9H2,1H3,(H,18,19). The minimum atomic E-state index is -0.740. The van der Waals surface area contributed by atoms with Gasteiger partial charge in [-0.05, 0) is 18.9 Å². The van der Waals surface area contributed by atoms with Gasteiger partial charge in [0.1, 0.15) is 11.8 Å². The smallest absolute Gasteiger partial charge is 0.306 e. The Kier molecular flexibility index (Phi) is 4.59. The predicted octanol–water partition coefficient (Wildman–Crippen LogP) is 2.06. The van der Waals surface area contributed by atoms with Crippen LogP contribution in [0, 0.1) is 17.2 Å². The molecule has 1 aliphatic heterocycles. The highest BCUT2D eigenvalue weighted by Crippen LogP contribution is 2.31. The number of ether oxygens (including phenoxy) is 1. The van der Waals surface area contributed by atoms with Crippen molar-refractivity contribution in [3.8, 4) is 11.8 Å². The van der Waals surface area contributed by atoms with Crippen molar-refractivity contribution in [3.63, 3.8) is 0 Å². The monoisotopic (exact) mass is 274 g/mol. The molecule has 1 atom stereocenters. The normalized spacial score (nSPS) is 18.2. The average Bonchev–Trinajstić information content (AvgIpc) is 2.49. The molecule has 1 fully saturated rings. The van der Waals surface area contributed by atoms with Gasteiger partial charge in [0, 0.05) is 18.7 Å². The van der Waals surface area contributed by atoms with Gasteiger partial charge in [-0.1, -0.05) is 18.2 Å². The van der Waals surface area contributed by atoms with E-state index in [0.717, 1.165) is 5.56 Å². The summed E-state index contributed by atoms with van der Waals surface area (Å²) < 4.78 is 5.31. The van der Waals surface area contributed by atoms with Crippen molar-refractivity contribution in [2.24, 2.45) is 5.92 Å². The van der Waals surface area contributed by atoms with Gasteiger partial charge < -0.3 is 9.84 Å². The highest BCUT2D eigenvalue weighted by Gasteiger charge is 2.30. The molecule has 106 valence electrons. The first-order chi connectivity index (χ1) is 9.67. The van der Waals surface area contributed by atoms with Crippen molar-refractivity contribution in [1.82, 2.24) is 4.90 Å². The van der Waals surface area contributed by atoms with Crippen molar-refractivity contribution in [2.45, 2.75) is 18.9 Å². The molecular formula is C15H18N2O3. The number of benzene rings is 1. The third kappa shape index (κ3) is 2.91. The van der Waals surface area contributed by atoms with E-state index in [0.29, 0.717) is 31.7 Å². The third-order valence-electron chi connectivity index (χ3n) is 3.80. The topological polar surface area (TPSA) is 73.6 Å². The maximum atomic E-state index is 11.0. The summed E-state index contributed by atoms with van der Waals surface area (Å²) in [4.78, 5) is 13.0. The zero-order valence-corrected chi connectivity index (χ0v) is 11.5. The quantitative estimate of drug-likeness (QED) is 0.909. The maximum absolute atomic E-state index is 11.0. The van der Waals surface area contributed by atoms with Crippen LogP contribution in [-0.2, 0) is 4.79 Å². The van der Waals surface area contributed by atoms with E-state index in [2.05, 4.69) is 6.07 Å². The van der Waals surface area contributed by atoms with Gasteiger partial charge in [-0.3, -0.25) is 9.69 Å². The number of rotatable bonds is 4. The molecule has 0 saturated carbocycles. The number of piperidine rings is 1. The van der Waals surface area contributed by atoms with Crippen LogP contribution in [0.4, 0.5) is 0 Å². The zero-order chi connectivity index (χ0) is 14.5. The van der Waals surface area contributed by atoms with Crippen molar-refractivity contribution >= 4 is 5.97 Å². The first kappa shape index (κ1) is 14.4. The van der Waals surface area contributed by atoms with Gasteiger partial charge in [0.25, 0.3) is 0 Å². The molecular weight excluding hydrogens is 256 g/mol. The lowest BCUT2D eigenvalue weighted by Gasteiger charge is -2.33. The maximum Gasteiger partial charge on any atom is 0.306 e. The van der Waals surface area contributed by atoms with Crippen LogP contribution in [0.2, 0.25) is 0 Å². The number of likely N-dealkylation sites (tertiary alicyclic amines) is 1. The van der Waals surface area contributed by atoms with Gasteiger partial charge in [-0.2, -0.15) is 5.26 Å². The number of carbonyl (C=O) groups is 1. The molecule has 1 heterocycles. The molecule has 1 aromatic rings. The van der Waals surface area contributed by atoms with Gasteiger partial charge in [-0.25, -0.2) is 0 Å². The Bertz CT molecular complexity index is 516. The molecule has 0 spiro atoms. The fraction of sp³-hybridized carbons (Fsp3) is 0.467. The SMILES string of the molecule is COc1ccccc1C(C#N)N1CCC(C(=O)O)CC1. The van der Waals surface area contributed by atoms with E-state index in [1.807, 2.05) is 29.2 Å². The van der Waals surface area contributed by atoms with Crippen molar-refractivity contribution < 1.29 is 14.6 Å². The Morgan fingerprint density at radius 2 is 2.10 bits per heavy atom. The average molecular weight is 274 g/mol.